The van der Waals surface area contributed by atoms with Gasteiger partial charge in [-0.15, -0.1) is 13.2 Å². The van der Waals surface area contributed by atoms with Crippen LogP contribution in [-0.2, 0) is 38.7 Å². The van der Waals surface area contributed by atoms with Gasteiger partial charge in [0.25, 0.3) is 0 Å². The van der Waals surface area contributed by atoms with Crippen LogP contribution >= 0.6 is 0 Å². The Kier molecular flexibility index (Phi) is 23.7. The Morgan fingerprint density at radius 2 is 0.867 bits per heavy atom. The molecule has 0 amide bonds. The van der Waals surface area contributed by atoms with Gasteiger partial charge in [-0.3, -0.25) is 9.59 Å². The van der Waals surface area contributed by atoms with Crippen LogP contribution < -0.4 is 10.2 Å². The normalized spacial score (nSPS) is 6.27. The quantitative estimate of drug-likeness (QED) is 0.309. The molecule has 0 spiro atoms. The second kappa shape index (κ2) is 15.1. The zero-order valence-corrected chi connectivity index (χ0v) is 11.5. The summed E-state index contributed by atoms with van der Waals surface area (Å²) in [4.78, 5) is 37.4. The summed E-state index contributed by atoms with van der Waals surface area (Å²) in [5.41, 5.74) is 0. The maximum atomic E-state index is 9.48. The van der Waals surface area contributed by atoms with E-state index in [9.17, 15) is 29.4 Å². The molecule has 15 heavy (non-hydrogen) atoms. The van der Waals surface area contributed by atoms with E-state index in [1.165, 1.54) is 0 Å². The van der Waals surface area contributed by atoms with E-state index in [1.807, 2.05) is 0 Å². The number of Topliss-reactive ketones (excluding diaryl/α,β-unsaturated/α-hetero) is 2. The number of aliphatic carboxylic acids is 2. The zero-order valence-electron chi connectivity index (χ0n) is 8.57. The Morgan fingerprint density at radius 3 is 0.867 bits per heavy atom. The first kappa shape index (κ1) is 23.5. The molecule has 0 atom stereocenters. The average molecular weight is 268 g/mol. The Labute approximate surface area is 99.7 Å². The van der Waals surface area contributed by atoms with Gasteiger partial charge in [0.2, 0.25) is 0 Å². The van der Waals surface area contributed by atoms with Crippen LogP contribution in [0.1, 0.15) is 13.8 Å². The number of hydrogen-bond acceptors (Lipinski definition) is 6. The summed E-state index contributed by atoms with van der Waals surface area (Å²) < 4.78 is 0. The Morgan fingerprint density at radius 1 is 0.800 bits per heavy atom. The van der Waals surface area contributed by atoms with E-state index >= 15 is 0 Å². The van der Waals surface area contributed by atoms with Gasteiger partial charge in [-0.1, -0.05) is 0 Å². The number of carboxylic acid groups (broad SMARTS) is 2. The van der Waals surface area contributed by atoms with Crippen LogP contribution in [0.25, 0.3) is 0 Å². The van der Waals surface area contributed by atoms with Crippen LogP contribution in [0.2, 0.25) is 0 Å². The molecule has 0 bridgehead atoms. The van der Waals surface area contributed by atoms with Gasteiger partial charge in [-0.2, -0.15) is 0 Å². The smallest absolute Gasteiger partial charge is 0.542 e. The minimum Gasteiger partial charge on any atom is -0.542 e. The van der Waals surface area contributed by atoms with Gasteiger partial charge in [-0.25, -0.2) is 0 Å². The van der Waals surface area contributed by atoms with Gasteiger partial charge in [0, 0.05) is 13.8 Å². The molecule has 0 fully saturated rings. The van der Waals surface area contributed by atoms with Crippen molar-refractivity contribution in [3.05, 3.63) is 13.2 Å². The summed E-state index contributed by atoms with van der Waals surface area (Å²) in [6, 6.07) is 0. The summed E-state index contributed by atoms with van der Waals surface area (Å²) >= 11 is 0. The molecule has 0 N–H and O–H groups in total. The number of carbonyl (C=O) groups is 4. The summed E-state index contributed by atoms with van der Waals surface area (Å²) in [5.74, 6) is -5.13. The second-order valence-corrected chi connectivity index (χ2v) is 1.69. The van der Waals surface area contributed by atoms with Gasteiger partial charge < -0.3 is 19.8 Å². The standard InChI is InChI=1S/2C3H4O3.C2H4.Zn/c2*1-2(4)3(5)6;1-2;/h2*1H3,(H,5,6);1-2H2;/q;;;+2/p-2. The summed E-state index contributed by atoms with van der Waals surface area (Å²) in [6.07, 6.45) is 0. The fourth-order valence-corrected chi connectivity index (χ4v) is 0. The SMILES string of the molecule is C=C.CC(=O)C(=O)[O-].CC(=O)C(=O)[O-].[Zn+2]. The Balaban J connectivity index is -0.0000000653. The van der Waals surface area contributed by atoms with Crippen molar-refractivity contribution in [3.8, 4) is 0 Å². The number of carboxylic acids is 2. The molecule has 0 aliphatic rings. The van der Waals surface area contributed by atoms with Gasteiger partial charge in [0.05, 0.1) is 0 Å². The third-order valence-corrected chi connectivity index (χ3v) is 0.575. The van der Waals surface area contributed by atoms with E-state index in [0.717, 1.165) is 13.8 Å². The molecular formula is C8H10O6Zn. The fourth-order valence-electron chi connectivity index (χ4n) is 0. The van der Waals surface area contributed by atoms with E-state index < -0.39 is 23.5 Å². The minimum atomic E-state index is -1.63. The first-order chi connectivity index (χ1) is 6.29. The predicted molar refractivity (Wildman–Crippen MR) is 42.6 cm³/mol. The molecule has 0 aromatic rings. The third kappa shape index (κ3) is 32.5. The van der Waals surface area contributed by atoms with Crippen LogP contribution in [0.3, 0.4) is 0 Å². The number of hydrogen-bond donors (Lipinski definition) is 0. The van der Waals surface area contributed by atoms with Crippen molar-refractivity contribution in [2.75, 3.05) is 0 Å². The molecule has 80 valence electrons. The molecule has 0 saturated carbocycles. The van der Waals surface area contributed by atoms with E-state index in [4.69, 9.17) is 0 Å². The first-order valence-corrected chi connectivity index (χ1v) is 3.22. The number of carbonyl (C=O) groups excluding carboxylic acids is 4. The van der Waals surface area contributed by atoms with Crippen LogP contribution in [0.4, 0.5) is 0 Å². The van der Waals surface area contributed by atoms with Crippen molar-refractivity contribution in [1.29, 1.82) is 0 Å². The molecule has 0 unspecified atom stereocenters. The maximum absolute atomic E-state index is 9.48. The van der Waals surface area contributed by atoms with E-state index in [2.05, 4.69) is 13.2 Å². The van der Waals surface area contributed by atoms with Crippen LogP contribution in [0.5, 0.6) is 0 Å². The van der Waals surface area contributed by atoms with Crippen LogP contribution in [0, 0.1) is 0 Å². The van der Waals surface area contributed by atoms with Gasteiger partial charge >= 0.3 is 19.5 Å². The van der Waals surface area contributed by atoms with Crippen LogP contribution in [-0.4, -0.2) is 23.5 Å². The predicted octanol–water partition coefficient (Wildman–Crippen LogP) is -2.55. The molecule has 0 aromatic heterocycles. The molecule has 6 nitrogen and oxygen atoms in total. The average Bonchev–Trinajstić information content (AvgIpc) is 2.08. The molecule has 0 aliphatic heterocycles. The van der Waals surface area contributed by atoms with Gasteiger partial charge in [-0.05, 0) is 0 Å². The number of ketones is 2. The Hall–Kier alpha value is -1.36. The van der Waals surface area contributed by atoms with E-state index in [1.54, 1.807) is 0 Å². The molecule has 0 radical (unpaired) electrons. The molecule has 0 rings (SSSR count). The molecule has 0 aromatic carbocycles. The first-order valence-electron chi connectivity index (χ1n) is 3.22. The van der Waals surface area contributed by atoms with Crippen molar-refractivity contribution in [3.63, 3.8) is 0 Å². The van der Waals surface area contributed by atoms with Crippen molar-refractivity contribution in [2.45, 2.75) is 13.8 Å². The van der Waals surface area contributed by atoms with Crippen molar-refractivity contribution in [2.24, 2.45) is 0 Å². The largest absolute Gasteiger partial charge is 2.00 e. The van der Waals surface area contributed by atoms with Crippen molar-refractivity contribution >= 4 is 23.5 Å². The molecule has 0 heterocycles. The third-order valence-electron chi connectivity index (χ3n) is 0.575. The van der Waals surface area contributed by atoms with E-state index in [0.29, 0.717) is 0 Å². The minimum absolute atomic E-state index is 0. The van der Waals surface area contributed by atoms with Gasteiger partial charge in [0.1, 0.15) is 11.9 Å². The van der Waals surface area contributed by atoms with Crippen molar-refractivity contribution in [1.82, 2.24) is 0 Å². The topological polar surface area (TPSA) is 114 Å². The summed E-state index contributed by atoms with van der Waals surface area (Å²) in [5, 5.41) is 18.5. The fraction of sp³-hybridized carbons (Fsp3) is 0.250. The molecule has 0 saturated heterocycles. The molecule has 7 heteroatoms. The maximum Gasteiger partial charge on any atom is 2.00 e. The van der Waals surface area contributed by atoms with Crippen LogP contribution in [0.15, 0.2) is 13.2 Å². The van der Waals surface area contributed by atoms with Crippen molar-refractivity contribution < 1.29 is 48.9 Å². The second-order valence-electron chi connectivity index (χ2n) is 1.69. The zero-order chi connectivity index (χ0) is 12.3. The summed E-state index contributed by atoms with van der Waals surface area (Å²) in [6.45, 7) is 7.88. The monoisotopic (exact) mass is 266 g/mol. The van der Waals surface area contributed by atoms with Gasteiger partial charge in [0.15, 0.2) is 11.6 Å². The summed E-state index contributed by atoms with van der Waals surface area (Å²) in [7, 11) is 0. The number of rotatable bonds is 2. The Bertz CT molecular complexity index is 187. The molecular weight excluding hydrogens is 257 g/mol. The molecule has 0 aliphatic carbocycles. The van der Waals surface area contributed by atoms with E-state index in [-0.39, 0.29) is 19.5 Å².